The fourth-order valence-electron chi connectivity index (χ4n) is 9.85. The number of aliphatic hydroxyl groups is 1. The summed E-state index contributed by atoms with van der Waals surface area (Å²) >= 11 is 13.0. The Labute approximate surface area is 453 Å². The molecule has 3 N–H and O–H groups in total. The van der Waals surface area contributed by atoms with E-state index in [0.717, 1.165) is 43.5 Å². The minimum absolute atomic E-state index is 0.0603. The van der Waals surface area contributed by atoms with E-state index in [1.807, 2.05) is 0 Å². The molecule has 9 heterocycles. The molecular weight excluding hydrogens is 1070 g/mol. The van der Waals surface area contributed by atoms with E-state index >= 15 is 0 Å². The first-order valence-electron chi connectivity index (χ1n) is 25.0. The summed E-state index contributed by atoms with van der Waals surface area (Å²) in [5.74, 6) is 1.72. The predicted molar refractivity (Wildman–Crippen MR) is 280 cm³/mol. The van der Waals surface area contributed by atoms with E-state index in [9.17, 15) is 35.9 Å². The number of urea groups is 2. The first kappa shape index (κ1) is 54.2. The second kappa shape index (κ2) is 23.0. The summed E-state index contributed by atoms with van der Waals surface area (Å²) in [5.41, 5.74) is 0.368. The maximum absolute atomic E-state index is 13.6. The zero-order chi connectivity index (χ0) is 54.7. The van der Waals surface area contributed by atoms with Crippen LogP contribution in [0.4, 0.5) is 70.6 Å². The predicted octanol–water partition coefficient (Wildman–Crippen LogP) is 11.2. The monoisotopic (exact) mass is 1120 g/mol. The van der Waals surface area contributed by atoms with E-state index in [1.165, 1.54) is 29.2 Å². The van der Waals surface area contributed by atoms with Crippen molar-refractivity contribution < 1.29 is 60.0 Å². The van der Waals surface area contributed by atoms with Gasteiger partial charge in [-0.25, -0.2) is 19.6 Å². The van der Waals surface area contributed by atoms with Gasteiger partial charge in [0, 0.05) is 56.0 Å². The number of alkyl halides is 6. The van der Waals surface area contributed by atoms with Crippen molar-refractivity contribution in [1.29, 1.82) is 0 Å². The van der Waals surface area contributed by atoms with Crippen molar-refractivity contribution in [3.8, 4) is 34.3 Å². The highest BCUT2D eigenvalue weighted by molar-refractivity contribution is 6.34. The van der Waals surface area contributed by atoms with Crippen LogP contribution in [0.2, 0.25) is 10.0 Å². The maximum Gasteiger partial charge on any atom is 0.416 e. The highest BCUT2D eigenvalue weighted by atomic mass is 35.5. The number of nitrogens with zero attached hydrogens (tertiary/aromatic N) is 8. The molecule has 3 saturated heterocycles. The summed E-state index contributed by atoms with van der Waals surface area (Å²) in [5, 5.41) is 14.9. The van der Waals surface area contributed by atoms with Crippen molar-refractivity contribution in [2.45, 2.75) is 62.8 Å². The molecule has 5 aliphatic heterocycles. The number of amides is 4. The van der Waals surface area contributed by atoms with Crippen LogP contribution in [-0.2, 0) is 21.8 Å². The molecule has 0 saturated carbocycles. The van der Waals surface area contributed by atoms with Crippen LogP contribution in [0.1, 0.15) is 43.2 Å². The van der Waals surface area contributed by atoms with Gasteiger partial charge in [0.15, 0.2) is 17.9 Å². The maximum atomic E-state index is 13.6. The number of fused-ring (bicyclic) bond motifs is 8. The Morgan fingerprint density at radius 2 is 1.12 bits per heavy atom. The Bertz CT molecular complexity index is 3170. The Morgan fingerprint density at radius 1 is 0.628 bits per heavy atom. The number of benzene rings is 2. The first-order valence-corrected chi connectivity index (χ1v) is 25.8. The van der Waals surface area contributed by atoms with Crippen molar-refractivity contribution >= 4 is 69.9 Å². The van der Waals surface area contributed by atoms with Crippen LogP contribution >= 0.6 is 23.2 Å². The second-order valence-corrected chi connectivity index (χ2v) is 19.5. The Balaban J connectivity index is 0.000000179. The Kier molecular flexibility index (Phi) is 16.0. The number of anilines is 6. The van der Waals surface area contributed by atoms with Crippen LogP contribution in [-0.4, -0.2) is 115 Å². The van der Waals surface area contributed by atoms with E-state index in [1.54, 1.807) is 53.4 Å². The topological polar surface area (TPSA) is 180 Å². The Morgan fingerprint density at radius 3 is 1.58 bits per heavy atom. The molecule has 17 nitrogen and oxygen atoms in total. The van der Waals surface area contributed by atoms with Crippen molar-refractivity contribution in [3.05, 3.63) is 118 Å². The number of aliphatic hydroxyl groups excluding tert-OH is 1. The van der Waals surface area contributed by atoms with Crippen molar-refractivity contribution in [1.82, 2.24) is 19.9 Å². The van der Waals surface area contributed by atoms with Gasteiger partial charge in [-0.3, -0.25) is 20.4 Å². The number of pyridine rings is 4. The minimum atomic E-state index is -4.52. The van der Waals surface area contributed by atoms with Crippen LogP contribution in [0.5, 0.6) is 11.8 Å². The molecule has 1 unspecified atom stereocenters. The van der Waals surface area contributed by atoms with Gasteiger partial charge in [-0.05, 0) is 80.6 Å². The molecule has 410 valence electrons. The molecule has 3 atom stereocenters. The van der Waals surface area contributed by atoms with Gasteiger partial charge in [0.2, 0.25) is 11.8 Å². The van der Waals surface area contributed by atoms with Gasteiger partial charge in [-0.2, -0.15) is 36.3 Å². The molecule has 2 aromatic carbocycles. The fourth-order valence-corrected chi connectivity index (χ4v) is 10.4. The second-order valence-electron chi connectivity index (χ2n) is 18.7. The lowest BCUT2D eigenvalue weighted by atomic mass is 10.1. The molecule has 0 aliphatic carbocycles. The summed E-state index contributed by atoms with van der Waals surface area (Å²) < 4.78 is 102. The molecule has 25 heteroatoms. The number of halogens is 8. The third-order valence-electron chi connectivity index (χ3n) is 13.5. The van der Waals surface area contributed by atoms with Crippen molar-refractivity contribution in [3.63, 3.8) is 0 Å². The molecule has 11 rings (SSSR count). The highest BCUT2D eigenvalue weighted by Gasteiger charge is 2.43. The standard InChI is InChI=1S/C29H29ClF3N5O4.C24H21ClF3N5O3/c30-21-16-22-27(36-26(21)18-5-3-6-19(15-18)29(31,32)33)38(20-10-11-37(22)17-20)28(39)35-23-7-4-8-24(34-23)40-13-14-42-25-9-1-2-12-41-25;25-17-12-18-22(31-21(17)14-3-1-4-15(11-14)24(26,27)28)33(16-7-8-32(18)13-16)23(35)30-19-5-2-6-20(29-19)36-10-9-34/h3-8,15-16,20,25H,1-2,9-14,17H2,(H,34,35,39);1-6,11-12,16,34H,7-10,13H2,(H,29,30,35)/t20-,25?;16-/m00/s1. The largest absolute Gasteiger partial charge is 0.475 e. The van der Waals surface area contributed by atoms with E-state index < -0.39 is 35.5 Å². The van der Waals surface area contributed by atoms with Gasteiger partial charge in [-0.1, -0.05) is 59.6 Å². The number of ether oxygens (including phenoxy) is 4. The third kappa shape index (κ3) is 12.1. The average Bonchev–Trinajstić information content (AvgIpc) is 4.26. The summed E-state index contributed by atoms with van der Waals surface area (Å²) in [6.07, 6.45) is -4.88. The lowest BCUT2D eigenvalue weighted by Gasteiger charge is -2.36. The summed E-state index contributed by atoms with van der Waals surface area (Å²) in [6.45, 7) is 3.73. The van der Waals surface area contributed by atoms with E-state index in [2.05, 4.69) is 40.4 Å². The number of hydrogen-bond donors (Lipinski definition) is 3. The lowest BCUT2D eigenvalue weighted by molar-refractivity contribution is -0.165. The summed E-state index contributed by atoms with van der Waals surface area (Å²) in [7, 11) is 0. The summed E-state index contributed by atoms with van der Waals surface area (Å²) in [4.78, 5) is 52.1. The zero-order valence-electron chi connectivity index (χ0n) is 41.4. The minimum Gasteiger partial charge on any atom is -0.475 e. The number of aromatic nitrogens is 4. The van der Waals surface area contributed by atoms with Gasteiger partial charge in [0.1, 0.15) is 24.8 Å². The number of rotatable bonds is 12. The van der Waals surface area contributed by atoms with Crippen molar-refractivity contribution in [2.75, 3.05) is 89.4 Å². The molecule has 4 bridgehead atoms. The number of carbonyl (C=O) groups is 2. The van der Waals surface area contributed by atoms with Crippen LogP contribution in [0.3, 0.4) is 0 Å². The molecule has 5 aliphatic rings. The normalized spacial score (nSPS) is 18.4. The van der Waals surface area contributed by atoms with Gasteiger partial charge < -0.3 is 33.9 Å². The zero-order valence-corrected chi connectivity index (χ0v) is 42.9. The Hall–Kier alpha value is -7.18. The molecule has 4 aromatic heterocycles. The summed E-state index contributed by atoms with van der Waals surface area (Å²) in [6, 6.07) is 21.5. The highest BCUT2D eigenvalue weighted by Crippen LogP contribution is 2.46. The average molecular weight is 1120 g/mol. The van der Waals surface area contributed by atoms with Crippen LogP contribution < -0.4 is 39.7 Å². The molecule has 3 fully saturated rings. The fraction of sp³-hybridized carbons (Fsp3) is 0.358. The molecule has 6 aromatic rings. The van der Waals surface area contributed by atoms with Crippen LogP contribution in [0, 0.1) is 0 Å². The van der Waals surface area contributed by atoms with Crippen molar-refractivity contribution in [2.24, 2.45) is 0 Å². The van der Waals surface area contributed by atoms with Gasteiger partial charge in [-0.15, -0.1) is 0 Å². The molecule has 78 heavy (non-hydrogen) atoms. The van der Waals surface area contributed by atoms with E-state index in [0.29, 0.717) is 81.1 Å². The quantitative estimate of drug-likeness (QED) is 0.0779. The number of nitrogens with one attached hydrogen (secondary N) is 2. The smallest absolute Gasteiger partial charge is 0.416 e. The van der Waals surface area contributed by atoms with E-state index in [4.69, 9.17) is 47.3 Å². The van der Waals surface area contributed by atoms with Gasteiger partial charge in [0.05, 0.1) is 69.2 Å². The van der Waals surface area contributed by atoms with E-state index in [-0.39, 0.29) is 88.3 Å². The van der Waals surface area contributed by atoms with Crippen LogP contribution in [0.15, 0.2) is 97.1 Å². The molecular formula is C53H50Cl2F6N10O7. The molecule has 0 radical (unpaired) electrons. The molecule has 0 spiro atoms. The number of hydrogen-bond acceptors (Lipinski definition) is 13. The van der Waals surface area contributed by atoms with Gasteiger partial charge in [0.25, 0.3) is 0 Å². The van der Waals surface area contributed by atoms with Gasteiger partial charge >= 0.3 is 24.4 Å². The first-order chi connectivity index (χ1) is 37.5. The lowest BCUT2D eigenvalue weighted by Crippen LogP contribution is -2.48. The molecule has 4 amide bonds. The third-order valence-corrected chi connectivity index (χ3v) is 14.0. The SMILES string of the molecule is O=C(Nc1cccc(OCCO)n1)N1c2nc(-c3cccc(C(F)(F)F)c3)c(Cl)cc2N2CC[C@H]1C2.O=C(Nc1cccc(OCCOC2CCCCO2)n1)N1c2nc(-c3cccc(C(F)(F)F)c3)c(Cl)cc2N2CC[C@H]1C2. The number of carbonyl (C=O) groups excluding carboxylic acids is 2. The van der Waals surface area contributed by atoms with Crippen LogP contribution in [0.25, 0.3) is 22.5 Å².